The molecule has 108 valence electrons. The van der Waals surface area contributed by atoms with Crippen molar-refractivity contribution in [1.29, 1.82) is 0 Å². The smallest absolute Gasteiger partial charge is 0.270 e. The molecule has 0 aromatic carbocycles. The zero-order valence-corrected chi connectivity index (χ0v) is 11.8. The summed E-state index contributed by atoms with van der Waals surface area (Å²) in [6.07, 6.45) is 5.84. The maximum absolute atomic E-state index is 12.2. The number of hydrogen-bond donors (Lipinski definition) is 1. The zero-order chi connectivity index (χ0) is 14.5. The molecule has 1 aliphatic heterocycles. The molecular formula is C16H18N4O. The second kappa shape index (κ2) is 6.35. The lowest BCUT2D eigenvalue weighted by atomic mass is 10.2. The molecule has 1 N–H and O–H groups in total. The van der Waals surface area contributed by atoms with Gasteiger partial charge in [-0.2, -0.15) is 0 Å². The van der Waals surface area contributed by atoms with E-state index in [9.17, 15) is 4.79 Å². The van der Waals surface area contributed by atoms with Crippen molar-refractivity contribution in [1.82, 2.24) is 15.3 Å². The molecule has 5 heteroatoms. The Morgan fingerprint density at radius 3 is 2.76 bits per heavy atom. The molecule has 2 aromatic heterocycles. The van der Waals surface area contributed by atoms with Gasteiger partial charge < -0.3 is 10.2 Å². The third-order valence-electron chi connectivity index (χ3n) is 3.60. The Bertz CT molecular complexity index is 609. The van der Waals surface area contributed by atoms with Crippen LogP contribution < -0.4 is 10.2 Å². The Balaban J connectivity index is 1.65. The van der Waals surface area contributed by atoms with Crippen LogP contribution in [0, 0.1) is 0 Å². The highest BCUT2D eigenvalue weighted by atomic mass is 16.1. The van der Waals surface area contributed by atoms with Crippen molar-refractivity contribution in [3.05, 3.63) is 54.1 Å². The molecule has 21 heavy (non-hydrogen) atoms. The van der Waals surface area contributed by atoms with E-state index >= 15 is 0 Å². The number of hydrogen-bond acceptors (Lipinski definition) is 4. The summed E-state index contributed by atoms with van der Waals surface area (Å²) in [6, 6.07) is 9.46. The fourth-order valence-corrected chi connectivity index (χ4v) is 2.48. The van der Waals surface area contributed by atoms with Crippen LogP contribution in [-0.2, 0) is 6.54 Å². The molecule has 1 saturated heterocycles. The van der Waals surface area contributed by atoms with Gasteiger partial charge in [0.2, 0.25) is 0 Å². The molecular weight excluding hydrogens is 264 g/mol. The Hall–Kier alpha value is -2.43. The molecule has 0 radical (unpaired) electrons. The average Bonchev–Trinajstić information content (AvgIpc) is 3.08. The van der Waals surface area contributed by atoms with E-state index in [2.05, 4.69) is 20.2 Å². The predicted octanol–water partition coefficient (Wildman–Crippen LogP) is 2.01. The molecule has 1 aliphatic rings. The van der Waals surface area contributed by atoms with Crippen molar-refractivity contribution in [2.45, 2.75) is 19.4 Å². The molecule has 1 fully saturated rings. The number of pyridine rings is 2. The van der Waals surface area contributed by atoms with Crippen LogP contribution in [-0.4, -0.2) is 29.0 Å². The minimum atomic E-state index is -0.165. The number of amides is 1. The first kappa shape index (κ1) is 13.5. The maximum atomic E-state index is 12.2. The van der Waals surface area contributed by atoms with Gasteiger partial charge in [-0.15, -0.1) is 0 Å². The Morgan fingerprint density at radius 1 is 1.14 bits per heavy atom. The number of carbonyl (C=O) groups is 1. The first-order chi connectivity index (χ1) is 10.3. The Morgan fingerprint density at radius 2 is 2.00 bits per heavy atom. The van der Waals surface area contributed by atoms with Gasteiger partial charge in [-0.3, -0.25) is 14.8 Å². The molecule has 0 bridgehead atoms. The molecule has 3 heterocycles. The normalized spacial score (nSPS) is 14.2. The molecule has 0 aliphatic carbocycles. The maximum Gasteiger partial charge on any atom is 0.270 e. The number of anilines is 1. The van der Waals surface area contributed by atoms with Crippen molar-refractivity contribution in [3.8, 4) is 0 Å². The van der Waals surface area contributed by atoms with Crippen molar-refractivity contribution >= 4 is 11.6 Å². The van der Waals surface area contributed by atoms with Crippen molar-refractivity contribution in [2.75, 3.05) is 18.0 Å². The number of carbonyl (C=O) groups excluding carboxylic acids is 1. The van der Waals surface area contributed by atoms with Gasteiger partial charge >= 0.3 is 0 Å². The van der Waals surface area contributed by atoms with Gasteiger partial charge in [0, 0.05) is 31.2 Å². The van der Waals surface area contributed by atoms with Crippen molar-refractivity contribution in [3.63, 3.8) is 0 Å². The first-order valence-corrected chi connectivity index (χ1v) is 7.22. The lowest BCUT2D eigenvalue weighted by Crippen LogP contribution is -2.25. The SMILES string of the molecule is O=C(NCc1ccccn1)c1cc(N2CCCC2)ccn1. The fraction of sp³-hybridized carbons (Fsp3) is 0.312. The first-order valence-electron chi connectivity index (χ1n) is 7.22. The van der Waals surface area contributed by atoms with Crippen molar-refractivity contribution < 1.29 is 4.79 Å². The molecule has 0 unspecified atom stereocenters. The van der Waals surface area contributed by atoms with Gasteiger partial charge in [-0.05, 0) is 37.1 Å². The lowest BCUT2D eigenvalue weighted by molar-refractivity contribution is 0.0945. The quantitative estimate of drug-likeness (QED) is 0.932. The van der Waals surface area contributed by atoms with E-state index in [-0.39, 0.29) is 5.91 Å². The van der Waals surface area contributed by atoms with Gasteiger partial charge in [0.15, 0.2) is 0 Å². The van der Waals surface area contributed by atoms with Crippen molar-refractivity contribution in [2.24, 2.45) is 0 Å². The van der Waals surface area contributed by atoms with Crippen LogP contribution in [0.15, 0.2) is 42.7 Å². The van der Waals surface area contributed by atoms with E-state index < -0.39 is 0 Å². The summed E-state index contributed by atoms with van der Waals surface area (Å²) in [5.41, 5.74) is 2.36. The van der Waals surface area contributed by atoms with Crippen LogP contribution in [0.3, 0.4) is 0 Å². The van der Waals surface area contributed by atoms with Crippen LogP contribution in [0.5, 0.6) is 0 Å². The van der Waals surface area contributed by atoms with Gasteiger partial charge in [-0.1, -0.05) is 6.07 Å². The summed E-state index contributed by atoms with van der Waals surface area (Å²) < 4.78 is 0. The third-order valence-corrected chi connectivity index (χ3v) is 3.60. The minimum absolute atomic E-state index is 0.165. The molecule has 3 rings (SSSR count). The second-order valence-corrected chi connectivity index (χ2v) is 5.10. The van der Waals surface area contributed by atoms with Gasteiger partial charge in [-0.25, -0.2) is 0 Å². The van der Waals surface area contributed by atoms with E-state index in [4.69, 9.17) is 0 Å². The zero-order valence-electron chi connectivity index (χ0n) is 11.8. The number of aromatic nitrogens is 2. The van der Waals surface area contributed by atoms with E-state index in [1.165, 1.54) is 12.8 Å². The highest BCUT2D eigenvalue weighted by Crippen LogP contribution is 2.19. The Labute approximate surface area is 124 Å². The topological polar surface area (TPSA) is 58.1 Å². The number of nitrogens with zero attached hydrogens (tertiary/aromatic N) is 3. The summed E-state index contributed by atoms with van der Waals surface area (Å²) in [4.78, 5) is 22.8. The highest BCUT2D eigenvalue weighted by Gasteiger charge is 2.14. The van der Waals surface area contributed by atoms with Gasteiger partial charge in [0.25, 0.3) is 5.91 Å². The highest BCUT2D eigenvalue weighted by molar-refractivity contribution is 5.93. The molecule has 2 aromatic rings. The predicted molar refractivity (Wildman–Crippen MR) is 81.1 cm³/mol. The molecule has 0 atom stereocenters. The summed E-state index contributed by atoms with van der Waals surface area (Å²) in [5, 5.41) is 2.85. The lowest BCUT2D eigenvalue weighted by Gasteiger charge is -2.17. The summed E-state index contributed by atoms with van der Waals surface area (Å²) in [7, 11) is 0. The third kappa shape index (κ3) is 3.37. The van der Waals surface area contributed by atoms with E-state index in [0.717, 1.165) is 24.5 Å². The number of nitrogens with one attached hydrogen (secondary N) is 1. The van der Waals surface area contributed by atoms with E-state index in [0.29, 0.717) is 12.2 Å². The minimum Gasteiger partial charge on any atom is -0.371 e. The van der Waals surface area contributed by atoms with Gasteiger partial charge in [0.05, 0.1) is 12.2 Å². The van der Waals surface area contributed by atoms with Crippen LogP contribution in [0.1, 0.15) is 29.0 Å². The summed E-state index contributed by atoms with van der Waals surface area (Å²) >= 11 is 0. The summed E-state index contributed by atoms with van der Waals surface area (Å²) in [6.45, 7) is 2.52. The summed E-state index contributed by atoms with van der Waals surface area (Å²) in [5.74, 6) is -0.165. The monoisotopic (exact) mass is 282 g/mol. The molecule has 1 amide bonds. The van der Waals surface area contributed by atoms with Crippen LogP contribution in [0.2, 0.25) is 0 Å². The Kier molecular flexibility index (Phi) is 4.09. The van der Waals surface area contributed by atoms with E-state index in [1.54, 1.807) is 12.4 Å². The standard InChI is InChI=1S/C16H18N4O/c21-16(19-12-13-5-1-2-7-17-13)15-11-14(6-8-18-15)20-9-3-4-10-20/h1-2,5-8,11H,3-4,9-10,12H2,(H,19,21). The fourth-order valence-electron chi connectivity index (χ4n) is 2.48. The largest absolute Gasteiger partial charge is 0.371 e. The molecule has 0 spiro atoms. The van der Waals surface area contributed by atoms with Gasteiger partial charge in [0.1, 0.15) is 5.69 Å². The second-order valence-electron chi connectivity index (χ2n) is 5.10. The van der Waals surface area contributed by atoms with Crippen LogP contribution in [0.25, 0.3) is 0 Å². The number of rotatable bonds is 4. The van der Waals surface area contributed by atoms with Crippen LogP contribution >= 0.6 is 0 Å². The van der Waals surface area contributed by atoms with E-state index in [1.807, 2.05) is 30.3 Å². The molecule has 5 nitrogen and oxygen atoms in total. The molecule has 0 saturated carbocycles. The average molecular weight is 282 g/mol. The van der Waals surface area contributed by atoms with Crippen LogP contribution in [0.4, 0.5) is 5.69 Å².